The first kappa shape index (κ1) is 12.4. The van der Waals surface area contributed by atoms with E-state index in [4.69, 9.17) is 0 Å². The van der Waals surface area contributed by atoms with Gasteiger partial charge in [-0.15, -0.1) is 0 Å². The van der Waals surface area contributed by atoms with Crippen molar-refractivity contribution in [1.82, 2.24) is 5.32 Å². The van der Waals surface area contributed by atoms with Crippen molar-refractivity contribution in [2.24, 2.45) is 0 Å². The number of nitrogens with one attached hydrogen (secondary N) is 2. The van der Waals surface area contributed by atoms with Crippen molar-refractivity contribution >= 4 is 17.4 Å². The first-order chi connectivity index (χ1) is 7.63. The fourth-order valence-electron chi connectivity index (χ4n) is 1.33. The molecule has 1 amide bonds. The lowest BCUT2D eigenvalue weighted by Gasteiger charge is -2.04. The van der Waals surface area contributed by atoms with E-state index in [-0.39, 0.29) is 11.7 Å². The van der Waals surface area contributed by atoms with Crippen LogP contribution in [0.15, 0.2) is 24.3 Å². The van der Waals surface area contributed by atoms with E-state index in [0.717, 1.165) is 0 Å². The van der Waals surface area contributed by atoms with Gasteiger partial charge in [0.1, 0.15) is 0 Å². The summed E-state index contributed by atoms with van der Waals surface area (Å²) in [4.78, 5) is 22.4. The highest BCUT2D eigenvalue weighted by Gasteiger charge is 2.04. The standard InChI is InChI=1S/C12H16N2O2/c1-9(15)14-11-5-3-10(4-6-11)12(16)7-8-13-2/h3-6,13H,7-8H2,1-2H3,(H,14,15). The third-order valence-corrected chi connectivity index (χ3v) is 2.13. The molecule has 0 saturated heterocycles. The molecule has 16 heavy (non-hydrogen) atoms. The van der Waals surface area contributed by atoms with Gasteiger partial charge in [0.2, 0.25) is 5.91 Å². The third-order valence-electron chi connectivity index (χ3n) is 2.13. The number of ketones is 1. The zero-order valence-electron chi connectivity index (χ0n) is 9.54. The summed E-state index contributed by atoms with van der Waals surface area (Å²) in [5, 5.41) is 5.58. The molecular weight excluding hydrogens is 204 g/mol. The summed E-state index contributed by atoms with van der Waals surface area (Å²) >= 11 is 0. The molecule has 0 saturated carbocycles. The van der Waals surface area contributed by atoms with Gasteiger partial charge in [-0.1, -0.05) is 0 Å². The molecule has 0 bridgehead atoms. The molecule has 0 unspecified atom stereocenters. The Balaban J connectivity index is 2.63. The fraction of sp³-hybridized carbons (Fsp3) is 0.333. The molecule has 4 heteroatoms. The number of Topliss-reactive ketones (excluding diaryl/α,β-unsaturated/α-hetero) is 1. The SMILES string of the molecule is CNCCC(=O)c1ccc(NC(C)=O)cc1. The summed E-state index contributed by atoms with van der Waals surface area (Å²) < 4.78 is 0. The highest BCUT2D eigenvalue weighted by atomic mass is 16.1. The van der Waals surface area contributed by atoms with E-state index in [0.29, 0.717) is 24.2 Å². The second-order valence-corrected chi connectivity index (χ2v) is 3.54. The van der Waals surface area contributed by atoms with E-state index in [9.17, 15) is 9.59 Å². The number of carbonyl (C=O) groups excluding carboxylic acids is 2. The van der Waals surface area contributed by atoms with E-state index in [2.05, 4.69) is 10.6 Å². The van der Waals surface area contributed by atoms with Crippen LogP contribution in [0.25, 0.3) is 0 Å². The lowest BCUT2D eigenvalue weighted by atomic mass is 10.1. The fourth-order valence-corrected chi connectivity index (χ4v) is 1.33. The summed E-state index contributed by atoms with van der Waals surface area (Å²) in [7, 11) is 1.81. The minimum atomic E-state index is -0.116. The molecule has 2 N–H and O–H groups in total. The van der Waals surface area contributed by atoms with Gasteiger partial charge in [-0.3, -0.25) is 9.59 Å². The molecule has 1 rings (SSSR count). The summed E-state index contributed by atoms with van der Waals surface area (Å²) in [6.07, 6.45) is 0.482. The van der Waals surface area contributed by atoms with Crippen LogP contribution >= 0.6 is 0 Å². The number of hydrogen-bond donors (Lipinski definition) is 2. The Kier molecular flexibility index (Phi) is 4.66. The molecule has 0 spiro atoms. The third kappa shape index (κ3) is 3.82. The zero-order valence-corrected chi connectivity index (χ0v) is 9.54. The van der Waals surface area contributed by atoms with E-state index in [1.165, 1.54) is 6.92 Å². The van der Waals surface area contributed by atoms with Crippen LogP contribution in [0.5, 0.6) is 0 Å². The molecule has 86 valence electrons. The van der Waals surface area contributed by atoms with Crippen LogP contribution in [-0.2, 0) is 4.79 Å². The number of amides is 1. The first-order valence-electron chi connectivity index (χ1n) is 5.19. The summed E-state index contributed by atoms with van der Waals surface area (Å²) in [5.41, 5.74) is 1.38. The maximum absolute atomic E-state index is 11.6. The van der Waals surface area contributed by atoms with Crippen molar-refractivity contribution in [3.05, 3.63) is 29.8 Å². The maximum atomic E-state index is 11.6. The van der Waals surface area contributed by atoms with Crippen LogP contribution < -0.4 is 10.6 Å². The van der Waals surface area contributed by atoms with E-state index < -0.39 is 0 Å². The van der Waals surface area contributed by atoms with Gasteiger partial charge in [-0.05, 0) is 31.3 Å². The van der Waals surface area contributed by atoms with Gasteiger partial charge in [-0.2, -0.15) is 0 Å². The molecule has 0 radical (unpaired) electrons. The van der Waals surface area contributed by atoms with Crippen molar-refractivity contribution in [1.29, 1.82) is 0 Å². The maximum Gasteiger partial charge on any atom is 0.221 e. The van der Waals surface area contributed by atoms with Gasteiger partial charge >= 0.3 is 0 Å². The van der Waals surface area contributed by atoms with Gasteiger partial charge in [-0.25, -0.2) is 0 Å². The first-order valence-corrected chi connectivity index (χ1v) is 5.19. The number of benzene rings is 1. The quantitative estimate of drug-likeness (QED) is 0.738. The van der Waals surface area contributed by atoms with Crippen LogP contribution in [0.3, 0.4) is 0 Å². The molecule has 0 aliphatic rings. The van der Waals surface area contributed by atoms with Crippen LogP contribution in [0.2, 0.25) is 0 Å². The highest BCUT2D eigenvalue weighted by Crippen LogP contribution is 2.10. The van der Waals surface area contributed by atoms with Crippen LogP contribution in [0, 0.1) is 0 Å². The molecule has 0 atom stereocenters. The summed E-state index contributed by atoms with van der Waals surface area (Å²) in [6, 6.07) is 6.91. The molecule has 1 aromatic rings. The monoisotopic (exact) mass is 220 g/mol. The smallest absolute Gasteiger partial charge is 0.221 e. The predicted molar refractivity (Wildman–Crippen MR) is 63.6 cm³/mol. The Morgan fingerprint density at radius 1 is 1.19 bits per heavy atom. The van der Waals surface area contributed by atoms with E-state index in [1.807, 2.05) is 7.05 Å². The van der Waals surface area contributed by atoms with Crippen LogP contribution in [0.1, 0.15) is 23.7 Å². The number of hydrogen-bond acceptors (Lipinski definition) is 3. The molecule has 0 fully saturated rings. The normalized spacial score (nSPS) is 9.88. The van der Waals surface area contributed by atoms with Gasteiger partial charge in [0.25, 0.3) is 0 Å². The second kappa shape index (κ2) is 6.02. The number of rotatable bonds is 5. The molecule has 4 nitrogen and oxygen atoms in total. The van der Waals surface area contributed by atoms with Crippen molar-refractivity contribution < 1.29 is 9.59 Å². The Hall–Kier alpha value is -1.68. The van der Waals surface area contributed by atoms with Crippen LogP contribution in [0.4, 0.5) is 5.69 Å². The topological polar surface area (TPSA) is 58.2 Å². The average Bonchev–Trinajstić information content (AvgIpc) is 2.26. The molecule has 0 aromatic heterocycles. The summed E-state index contributed by atoms with van der Waals surface area (Å²) in [6.45, 7) is 2.12. The Morgan fingerprint density at radius 2 is 1.81 bits per heavy atom. The van der Waals surface area contributed by atoms with Crippen molar-refractivity contribution in [2.45, 2.75) is 13.3 Å². The lowest BCUT2D eigenvalue weighted by molar-refractivity contribution is -0.114. The van der Waals surface area contributed by atoms with Gasteiger partial charge in [0.05, 0.1) is 0 Å². The largest absolute Gasteiger partial charge is 0.326 e. The predicted octanol–water partition coefficient (Wildman–Crippen LogP) is 1.44. The van der Waals surface area contributed by atoms with Gasteiger partial charge in [0, 0.05) is 31.1 Å². The lowest BCUT2D eigenvalue weighted by Crippen LogP contribution is -2.13. The molecule has 1 aromatic carbocycles. The minimum absolute atomic E-state index is 0.101. The van der Waals surface area contributed by atoms with Gasteiger partial charge < -0.3 is 10.6 Å². The van der Waals surface area contributed by atoms with Crippen molar-refractivity contribution in [2.75, 3.05) is 18.9 Å². The minimum Gasteiger partial charge on any atom is -0.326 e. The zero-order chi connectivity index (χ0) is 12.0. The highest BCUT2D eigenvalue weighted by molar-refractivity contribution is 5.97. The Morgan fingerprint density at radius 3 is 2.31 bits per heavy atom. The second-order valence-electron chi connectivity index (χ2n) is 3.54. The van der Waals surface area contributed by atoms with Crippen molar-refractivity contribution in [3.8, 4) is 0 Å². The number of anilines is 1. The average molecular weight is 220 g/mol. The molecular formula is C12H16N2O2. The van der Waals surface area contributed by atoms with E-state index in [1.54, 1.807) is 24.3 Å². The van der Waals surface area contributed by atoms with E-state index >= 15 is 0 Å². The molecule has 0 heterocycles. The summed E-state index contributed by atoms with van der Waals surface area (Å²) in [5.74, 6) is -0.0158. The number of carbonyl (C=O) groups is 2. The van der Waals surface area contributed by atoms with Crippen LogP contribution in [-0.4, -0.2) is 25.3 Å². The Labute approximate surface area is 95.0 Å². The Bertz CT molecular complexity index is 371. The molecule has 0 aliphatic carbocycles. The molecule has 0 aliphatic heterocycles. The van der Waals surface area contributed by atoms with Crippen molar-refractivity contribution in [3.63, 3.8) is 0 Å². The van der Waals surface area contributed by atoms with Gasteiger partial charge in [0.15, 0.2) is 5.78 Å².